The fourth-order valence-electron chi connectivity index (χ4n) is 3.54. The third-order valence-corrected chi connectivity index (χ3v) is 5.41. The van der Waals surface area contributed by atoms with Crippen molar-refractivity contribution < 1.29 is 14.4 Å². The van der Waals surface area contributed by atoms with E-state index in [4.69, 9.17) is 0 Å². The molecule has 6 nitrogen and oxygen atoms in total. The lowest BCUT2D eigenvalue weighted by molar-refractivity contribution is -0.133. The Balaban J connectivity index is 1.79. The highest BCUT2D eigenvalue weighted by molar-refractivity contribution is 9.10. The Morgan fingerprint density at radius 3 is 2.39 bits per heavy atom. The number of halogens is 1. The van der Waals surface area contributed by atoms with Gasteiger partial charge < -0.3 is 10.6 Å². The van der Waals surface area contributed by atoms with Crippen LogP contribution < -0.4 is 10.6 Å². The average molecular weight is 444 g/mol. The normalized spacial score (nSPS) is 19.0. The summed E-state index contributed by atoms with van der Waals surface area (Å²) in [5.41, 5.74) is 3.11. The lowest BCUT2D eigenvalue weighted by Gasteiger charge is -2.22. The van der Waals surface area contributed by atoms with Gasteiger partial charge in [-0.05, 0) is 56.5 Å². The van der Waals surface area contributed by atoms with Gasteiger partial charge >= 0.3 is 6.03 Å². The number of rotatable bonds is 4. The Kier molecular flexibility index (Phi) is 5.30. The number of hydrogen-bond acceptors (Lipinski definition) is 3. The second kappa shape index (κ2) is 7.39. The average Bonchev–Trinajstić information content (AvgIpc) is 2.82. The lowest BCUT2D eigenvalue weighted by Crippen LogP contribution is -2.42. The molecule has 0 radical (unpaired) electrons. The van der Waals surface area contributed by atoms with Crippen LogP contribution in [0.25, 0.3) is 0 Å². The van der Waals surface area contributed by atoms with Gasteiger partial charge in [0.25, 0.3) is 5.91 Å². The van der Waals surface area contributed by atoms with Gasteiger partial charge in [-0.1, -0.05) is 45.8 Å². The molecule has 0 aromatic heterocycles. The molecule has 1 atom stereocenters. The monoisotopic (exact) mass is 443 g/mol. The first-order valence-electron chi connectivity index (χ1n) is 8.89. The zero-order chi connectivity index (χ0) is 20.6. The van der Waals surface area contributed by atoms with Crippen molar-refractivity contribution in [2.45, 2.75) is 33.2 Å². The number of urea groups is 1. The summed E-state index contributed by atoms with van der Waals surface area (Å²) < 4.78 is 0.801. The standard InChI is InChI=1S/C21H22BrN3O3/c1-12-8-13(2)18(14(3)9-12)23-17(26)11-25-19(27)21(4,24-20(25)28)15-6-5-7-16(22)10-15/h5-10H,11H2,1-4H3,(H,23,26)(H,24,28). The van der Waals surface area contributed by atoms with Crippen molar-refractivity contribution in [2.24, 2.45) is 0 Å². The minimum Gasteiger partial charge on any atom is -0.324 e. The van der Waals surface area contributed by atoms with E-state index in [0.29, 0.717) is 11.3 Å². The van der Waals surface area contributed by atoms with E-state index >= 15 is 0 Å². The van der Waals surface area contributed by atoms with E-state index in [2.05, 4.69) is 26.6 Å². The topological polar surface area (TPSA) is 78.5 Å². The smallest absolute Gasteiger partial charge is 0.324 e. The maximum atomic E-state index is 13.0. The van der Waals surface area contributed by atoms with Crippen molar-refractivity contribution in [3.8, 4) is 0 Å². The van der Waals surface area contributed by atoms with Crippen LogP contribution in [-0.4, -0.2) is 29.3 Å². The Bertz CT molecular complexity index is 966. The number of carbonyl (C=O) groups is 3. The molecule has 1 unspecified atom stereocenters. The van der Waals surface area contributed by atoms with Gasteiger partial charge in [0.2, 0.25) is 5.91 Å². The van der Waals surface area contributed by atoms with Crippen molar-refractivity contribution in [3.63, 3.8) is 0 Å². The largest absolute Gasteiger partial charge is 0.325 e. The number of aryl methyl sites for hydroxylation is 3. The summed E-state index contributed by atoms with van der Waals surface area (Å²) in [6, 6.07) is 10.5. The minimum absolute atomic E-state index is 0.346. The highest BCUT2D eigenvalue weighted by Crippen LogP contribution is 2.30. The molecule has 1 aliphatic heterocycles. The zero-order valence-electron chi connectivity index (χ0n) is 16.2. The number of benzene rings is 2. The SMILES string of the molecule is Cc1cc(C)c(NC(=O)CN2C(=O)NC(C)(c3cccc(Br)c3)C2=O)c(C)c1. The predicted molar refractivity (Wildman–Crippen MR) is 111 cm³/mol. The number of amides is 4. The molecule has 2 aromatic rings. The van der Waals surface area contributed by atoms with Crippen LogP contribution in [0.4, 0.5) is 10.5 Å². The van der Waals surface area contributed by atoms with Gasteiger partial charge in [-0.2, -0.15) is 0 Å². The summed E-state index contributed by atoms with van der Waals surface area (Å²) in [4.78, 5) is 38.9. The van der Waals surface area contributed by atoms with Gasteiger partial charge in [0.05, 0.1) is 0 Å². The van der Waals surface area contributed by atoms with Gasteiger partial charge in [-0.3, -0.25) is 14.5 Å². The second-order valence-electron chi connectivity index (χ2n) is 7.28. The van der Waals surface area contributed by atoms with Gasteiger partial charge in [-0.15, -0.1) is 0 Å². The highest BCUT2D eigenvalue weighted by Gasteiger charge is 2.49. The van der Waals surface area contributed by atoms with Crippen LogP contribution >= 0.6 is 15.9 Å². The van der Waals surface area contributed by atoms with Crippen molar-refractivity contribution >= 4 is 39.5 Å². The van der Waals surface area contributed by atoms with Crippen LogP contribution in [0.15, 0.2) is 40.9 Å². The third-order valence-electron chi connectivity index (χ3n) is 4.92. The van der Waals surface area contributed by atoms with Gasteiger partial charge in [0.1, 0.15) is 12.1 Å². The quantitative estimate of drug-likeness (QED) is 0.705. The molecule has 0 saturated carbocycles. The van der Waals surface area contributed by atoms with Gasteiger partial charge in [0, 0.05) is 10.2 Å². The Morgan fingerprint density at radius 2 is 1.79 bits per heavy atom. The van der Waals surface area contributed by atoms with Crippen LogP contribution in [0.1, 0.15) is 29.2 Å². The van der Waals surface area contributed by atoms with Gasteiger partial charge in [0.15, 0.2) is 0 Å². The summed E-state index contributed by atoms with van der Waals surface area (Å²) in [7, 11) is 0. The summed E-state index contributed by atoms with van der Waals surface area (Å²) >= 11 is 3.38. The number of nitrogens with zero attached hydrogens (tertiary/aromatic N) is 1. The molecule has 0 spiro atoms. The fourth-order valence-corrected chi connectivity index (χ4v) is 3.93. The molecule has 1 aliphatic rings. The van der Waals surface area contributed by atoms with E-state index in [1.165, 1.54) is 0 Å². The molecule has 2 aromatic carbocycles. The summed E-state index contributed by atoms with van der Waals surface area (Å²) in [6.45, 7) is 7.10. The molecule has 3 rings (SSSR count). The number of nitrogens with one attached hydrogen (secondary N) is 2. The van der Waals surface area contributed by atoms with Crippen molar-refractivity contribution in [3.05, 3.63) is 63.1 Å². The van der Waals surface area contributed by atoms with Crippen LogP contribution in [0.3, 0.4) is 0 Å². The lowest BCUT2D eigenvalue weighted by atomic mass is 9.92. The highest BCUT2D eigenvalue weighted by atomic mass is 79.9. The molecule has 28 heavy (non-hydrogen) atoms. The van der Waals surface area contributed by atoms with E-state index in [1.807, 2.05) is 39.0 Å². The van der Waals surface area contributed by atoms with E-state index < -0.39 is 23.4 Å². The van der Waals surface area contributed by atoms with Crippen LogP contribution in [0.2, 0.25) is 0 Å². The third kappa shape index (κ3) is 3.67. The first-order chi connectivity index (χ1) is 13.1. The second-order valence-corrected chi connectivity index (χ2v) is 8.19. The van der Waals surface area contributed by atoms with E-state index in [0.717, 1.165) is 26.1 Å². The van der Waals surface area contributed by atoms with Crippen LogP contribution in [0.5, 0.6) is 0 Å². The molecule has 0 bridgehead atoms. The number of imide groups is 1. The number of anilines is 1. The molecule has 0 aliphatic carbocycles. The maximum Gasteiger partial charge on any atom is 0.325 e. The van der Waals surface area contributed by atoms with E-state index in [-0.39, 0.29) is 6.54 Å². The molecule has 1 saturated heterocycles. The molecular weight excluding hydrogens is 422 g/mol. The molecule has 7 heteroatoms. The van der Waals surface area contributed by atoms with Crippen molar-refractivity contribution in [2.75, 3.05) is 11.9 Å². The van der Waals surface area contributed by atoms with E-state index in [1.54, 1.807) is 25.1 Å². The Labute approximate surface area is 172 Å². The van der Waals surface area contributed by atoms with Gasteiger partial charge in [-0.25, -0.2) is 4.79 Å². The predicted octanol–water partition coefficient (Wildman–Crippen LogP) is 3.78. The minimum atomic E-state index is -1.21. The molecule has 1 heterocycles. The molecule has 146 valence electrons. The van der Waals surface area contributed by atoms with Crippen LogP contribution in [-0.2, 0) is 15.1 Å². The van der Waals surface area contributed by atoms with Crippen LogP contribution in [0, 0.1) is 20.8 Å². The summed E-state index contributed by atoms with van der Waals surface area (Å²) in [5.74, 6) is -0.875. The first kappa shape index (κ1) is 20.1. The van der Waals surface area contributed by atoms with E-state index in [9.17, 15) is 14.4 Å². The molecule has 1 fully saturated rings. The number of hydrogen-bond donors (Lipinski definition) is 2. The van der Waals surface area contributed by atoms with Crippen molar-refractivity contribution in [1.29, 1.82) is 0 Å². The molecule has 4 amide bonds. The first-order valence-corrected chi connectivity index (χ1v) is 9.69. The van der Waals surface area contributed by atoms with Crippen molar-refractivity contribution in [1.82, 2.24) is 10.2 Å². The summed E-state index contributed by atoms with van der Waals surface area (Å²) in [5, 5.41) is 5.54. The summed E-state index contributed by atoms with van der Waals surface area (Å²) in [6.07, 6.45) is 0. The number of carbonyl (C=O) groups excluding carboxylic acids is 3. The fraction of sp³-hybridized carbons (Fsp3) is 0.286. The molecule has 2 N–H and O–H groups in total. The maximum absolute atomic E-state index is 13.0. The zero-order valence-corrected chi connectivity index (χ0v) is 17.8. The molecular formula is C21H22BrN3O3. The Hall–Kier alpha value is -2.67. The Morgan fingerprint density at radius 1 is 1.14 bits per heavy atom.